The van der Waals surface area contributed by atoms with Crippen molar-refractivity contribution in [3.63, 3.8) is 0 Å². The highest BCUT2D eigenvalue weighted by Gasteiger charge is 2.51. The molecule has 4 bridgehead atoms. The lowest BCUT2D eigenvalue weighted by atomic mass is 9.49. The van der Waals surface area contributed by atoms with Crippen LogP contribution >= 0.6 is 0 Å². The molecule has 0 spiro atoms. The third-order valence-electron chi connectivity index (χ3n) is 6.97. The van der Waals surface area contributed by atoms with Crippen LogP contribution in [-0.4, -0.2) is 30.1 Å². The fraction of sp³-hybridized carbons (Fsp3) is 1.00. The highest BCUT2D eigenvalue weighted by Crippen LogP contribution is 2.60. The molecule has 20 heavy (non-hydrogen) atoms. The molecule has 0 aromatic heterocycles. The summed E-state index contributed by atoms with van der Waals surface area (Å²) in [4.78, 5) is 2.81. The van der Waals surface area contributed by atoms with Crippen LogP contribution in [-0.2, 0) is 0 Å². The molecule has 1 aliphatic heterocycles. The van der Waals surface area contributed by atoms with Gasteiger partial charge in [-0.1, -0.05) is 6.42 Å². The Balaban J connectivity index is 1.50. The predicted molar refractivity (Wildman–Crippen MR) is 83.5 cm³/mol. The molecule has 0 aromatic carbocycles. The average Bonchev–Trinajstić information content (AvgIpc) is 2.36. The lowest BCUT2D eigenvalue weighted by Gasteiger charge is -2.59. The molecule has 5 rings (SSSR count). The van der Waals surface area contributed by atoms with Crippen molar-refractivity contribution in [3.8, 4) is 0 Å². The summed E-state index contributed by atoms with van der Waals surface area (Å²) in [6.07, 6.45) is 13.5. The van der Waals surface area contributed by atoms with Crippen molar-refractivity contribution in [1.82, 2.24) is 4.90 Å². The van der Waals surface area contributed by atoms with E-state index in [4.69, 9.17) is 5.73 Å². The van der Waals surface area contributed by atoms with Gasteiger partial charge in [0.25, 0.3) is 0 Å². The van der Waals surface area contributed by atoms with E-state index in [0.29, 0.717) is 17.5 Å². The summed E-state index contributed by atoms with van der Waals surface area (Å²) in [5, 5.41) is 0. The Labute approximate surface area is 124 Å². The molecule has 0 amide bonds. The largest absolute Gasteiger partial charge is 0.327 e. The summed E-state index contributed by atoms with van der Waals surface area (Å²) >= 11 is 0. The first-order valence-electron chi connectivity index (χ1n) is 9.13. The number of nitrogens with zero attached hydrogens (tertiary/aromatic N) is 1. The average molecular weight is 276 g/mol. The van der Waals surface area contributed by atoms with Gasteiger partial charge in [-0.15, -0.1) is 0 Å². The molecule has 0 aromatic rings. The predicted octanol–water partition coefficient (Wildman–Crippen LogP) is 3.40. The van der Waals surface area contributed by atoms with Gasteiger partial charge in [-0.25, -0.2) is 0 Å². The van der Waals surface area contributed by atoms with Crippen LogP contribution in [0.5, 0.6) is 0 Å². The van der Waals surface area contributed by atoms with E-state index in [1.54, 1.807) is 38.5 Å². The number of hydrogen-bond acceptors (Lipinski definition) is 2. The molecular formula is C18H32N2. The van der Waals surface area contributed by atoms with E-state index in [9.17, 15) is 0 Å². The first-order chi connectivity index (χ1) is 9.63. The summed E-state index contributed by atoms with van der Waals surface area (Å²) in [7, 11) is 0. The van der Waals surface area contributed by atoms with Crippen molar-refractivity contribution in [1.29, 1.82) is 0 Å². The molecule has 114 valence electrons. The summed E-state index contributed by atoms with van der Waals surface area (Å²) in [5.41, 5.74) is 6.98. The van der Waals surface area contributed by atoms with Crippen LogP contribution in [0, 0.1) is 23.2 Å². The smallest absolute Gasteiger partial charge is 0.0244 e. The Morgan fingerprint density at radius 2 is 1.65 bits per heavy atom. The SMILES string of the molecule is CC(N)C1CCCCN1CC12CC3CC(CC(C3)C1)C2. The van der Waals surface area contributed by atoms with Gasteiger partial charge in [0.15, 0.2) is 0 Å². The van der Waals surface area contributed by atoms with Crippen molar-refractivity contribution >= 4 is 0 Å². The Kier molecular flexibility index (Phi) is 3.38. The fourth-order valence-corrected chi connectivity index (χ4v) is 6.72. The standard InChI is InChI=1S/C18H32N2/c1-13(19)17-4-2-3-5-20(17)12-18-9-14-6-15(10-18)8-16(7-14)11-18/h13-17H,2-12,19H2,1H3. The lowest BCUT2D eigenvalue weighted by Crippen LogP contribution is -2.56. The van der Waals surface area contributed by atoms with Crippen molar-refractivity contribution in [3.05, 3.63) is 0 Å². The minimum atomic E-state index is 0.351. The van der Waals surface area contributed by atoms with Crippen LogP contribution < -0.4 is 5.73 Å². The third kappa shape index (κ3) is 2.33. The topological polar surface area (TPSA) is 29.3 Å². The second-order valence-electron chi connectivity index (χ2n) is 8.81. The zero-order valence-electron chi connectivity index (χ0n) is 13.2. The number of hydrogen-bond donors (Lipinski definition) is 1. The van der Waals surface area contributed by atoms with Crippen molar-refractivity contribution < 1.29 is 0 Å². The molecule has 2 nitrogen and oxygen atoms in total. The first kappa shape index (κ1) is 13.6. The Bertz CT molecular complexity index is 327. The molecule has 1 heterocycles. The molecule has 2 N–H and O–H groups in total. The number of likely N-dealkylation sites (tertiary alicyclic amines) is 1. The number of nitrogens with two attached hydrogens (primary N) is 1. The van der Waals surface area contributed by atoms with Gasteiger partial charge in [-0.2, -0.15) is 0 Å². The summed E-state index contributed by atoms with van der Waals surface area (Å²) < 4.78 is 0. The zero-order valence-corrected chi connectivity index (χ0v) is 13.2. The molecular weight excluding hydrogens is 244 g/mol. The highest BCUT2D eigenvalue weighted by molar-refractivity contribution is 5.03. The van der Waals surface area contributed by atoms with E-state index in [0.717, 1.165) is 17.8 Å². The molecule has 0 radical (unpaired) electrons. The first-order valence-corrected chi connectivity index (χ1v) is 9.13. The molecule has 1 saturated heterocycles. The van der Waals surface area contributed by atoms with E-state index in [1.165, 1.54) is 32.4 Å². The molecule has 4 saturated carbocycles. The van der Waals surface area contributed by atoms with Crippen molar-refractivity contribution in [2.45, 2.75) is 76.8 Å². The van der Waals surface area contributed by atoms with Gasteiger partial charge < -0.3 is 5.73 Å². The quantitative estimate of drug-likeness (QED) is 0.856. The Hall–Kier alpha value is -0.0800. The van der Waals surface area contributed by atoms with Crippen LogP contribution in [0.25, 0.3) is 0 Å². The monoisotopic (exact) mass is 276 g/mol. The van der Waals surface area contributed by atoms with E-state index in [2.05, 4.69) is 11.8 Å². The van der Waals surface area contributed by atoms with Gasteiger partial charge in [-0.05, 0) is 88.0 Å². The molecule has 4 aliphatic carbocycles. The van der Waals surface area contributed by atoms with Crippen LogP contribution in [0.4, 0.5) is 0 Å². The van der Waals surface area contributed by atoms with Crippen LogP contribution in [0.15, 0.2) is 0 Å². The van der Waals surface area contributed by atoms with Gasteiger partial charge in [0, 0.05) is 18.6 Å². The second kappa shape index (κ2) is 4.98. The summed E-state index contributed by atoms with van der Waals surface area (Å²) in [5.74, 6) is 3.25. The van der Waals surface area contributed by atoms with Crippen molar-refractivity contribution in [2.75, 3.05) is 13.1 Å². The highest BCUT2D eigenvalue weighted by atomic mass is 15.2. The normalized spacial score (nSPS) is 49.5. The fourth-order valence-electron chi connectivity index (χ4n) is 6.72. The minimum Gasteiger partial charge on any atom is -0.327 e. The van der Waals surface area contributed by atoms with Gasteiger partial charge in [0.05, 0.1) is 0 Å². The number of rotatable bonds is 3. The third-order valence-corrected chi connectivity index (χ3v) is 6.97. The maximum absolute atomic E-state index is 6.28. The second-order valence-corrected chi connectivity index (χ2v) is 8.81. The summed E-state index contributed by atoms with van der Waals surface area (Å²) in [6.45, 7) is 4.92. The van der Waals surface area contributed by atoms with Crippen LogP contribution in [0.1, 0.15) is 64.7 Å². The van der Waals surface area contributed by atoms with E-state index < -0.39 is 0 Å². The molecule has 2 unspecified atom stereocenters. The maximum atomic E-state index is 6.28. The van der Waals surface area contributed by atoms with Gasteiger partial charge >= 0.3 is 0 Å². The molecule has 2 heteroatoms. The van der Waals surface area contributed by atoms with Crippen molar-refractivity contribution in [2.24, 2.45) is 28.9 Å². The van der Waals surface area contributed by atoms with Gasteiger partial charge in [0.2, 0.25) is 0 Å². The zero-order chi connectivity index (χ0) is 13.7. The Morgan fingerprint density at radius 1 is 1.05 bits per heavy atom. The van der Waals surface area contributed by atoms with E-state index in [-0.39, 0.29) is 0 Å². The van der Waals surface area contributed by atoms with Gasteiger partial charge in [0.1, 0.15) is 0 Å². The maximum Gasteiger partial charge on any atom is 0.0244 e. The molecule has 2 atom stereocenters. The van der Waals surface area contributed by atoms with E-state index in [1.807, 2.05) is 0 Å². The lowest BCUT2D eigenvalue weighted by molar-refractivity contribution is -0.0789. The Morgan fingerprint density at radius 3 is 2.20 bits per heavy atom. The molecule has 5 aliphatic rings. The number of piperidine rings is 1. The van der Waals surface area contributed by atoms with Crippen LogP contribution in [0.2, 0.25) is 0 Å². The van der Waals surface area contributed by atoms with Crippen LogP contribution in [0.3, 0.4) is 0 Å². The van der Waals surface area contributed by atoms with E-state index >= 15 is 0 Å². The molecule has 5 fully saturated rings. The van der Waals surface area contributed by atoms with Gasteiger partial charge in [-0.3, -0.25) is 4.90 Å². The minimum absolute atomic E-state index is 0.351. The summed E-state index contributed by atoms with van der Waals surface area (Å²) in [6, 6.07) is 1.01.